The van der Waals surface area contributed by atoms with Gasteiger partial charge in [-0.3, -0.25) is 0 Å². The SMILES string of the molecule is CC1(CNCc2cnc[nH]2)CCCO1. The molecular weight excluding hydrogens is 178 g/mol. The minimum Gasteiger partial charge on any atom is -0.374 e. The molecule has 1 aliphatic heterocycles. The molecule has 2 heterocycles. The predicted octanol–water partition coefficient (Wildman–Crippen LogP) is 1.07. The molecule has 0 bridgehead atoms. The van der Waals surface area contributed by atoms with E-state index in [0.717, 1.165) is 31.8 Å². The summed E-state index contributed by atoms with van der Waals surface area (Å²) in [6, 6.07) is 0. The summed E-state index contributed by atoms with van der Waals surface area (Å²) >= 11 is 0. The number of imidazole rings is 1. The average Bonchev–Trinajstić information content (AvgIpc) is 2.77. The number of hydrogen-bond acceptors (Lipinski definition) is 3. The predicted molar refractivity (Wildman–Crippen MR) is 53.9 cm³/mol. The second-order valence-electron chi connectivity index (χ2n) is 4.08. The summed E-state index contributed by atoms with van der Waals surface area (Å²) in [6.45, 7) is 4.81. The molecule has 4 heteroatoms. The molecule has 78 valence electrons. The van der Waals surface area contributed by atoms with Crippen LogP contribution in [-0.4, -0.2) is 28.7 Å². The van der Waals surface area contributed by atoms with Crippen LogP contribution in [0.4, 0.5) is 0 Å². The smallest absolute Gasteiger partial charge is 0.0922 e. The number of aromatic nitrogens is 2. The molecule has 0 spiro atoms. The molecule has 1 aromatic heterocycles. The zero-order chi connectivity index (χ0) is 9.86. The Morgan fingerprint density at radius 2 is 2.64 bits per heavy atom. The molecule has 14 heavy (non-hydrogen) atoms. The standard InChI is InChI=1S/C10H17N3O/c1-10(3-2-4-14-10)7-11-5-9-6-12-8-13-9/h6,8,11H,2-5,7H2,1H3,(H,12,13). The van der Waals surface area contributed by atoms with Crippen LogP contribution in [0.1, 0.15) is 25.5 Å². The maximum Gasteiger partial charge on any atom is 0.0922 e. The fourth-order valence-corrected chi connectivity index (χ4v) is 1.82. The molecule has 0 amide bonds. The molecule has 4 nitrogen and oxygen atoms in total. The van der Waals surface area contributed by atoms with E-state index in [0.29, 0.717) is 0 Å². The van der Waals surface area contributed by atoms with Crippen LogP contribution >= 0.6 is 0 Å². The van der Waals surface area contributed by atoms with Crippen LogP contribution < -0.4 is 5.32 Å². The van der Waals surface area contributed by atoms with Gasteiger partial charge >= 0.3 is 0 Å². The fourth-order valence-electron chi connectivity index (χ4n) is 1.82. The van der Waals surface area contributed by atoms with Crippen LogP contribution in [0.25, 0.3) is 0 Å². The minimum atomic E-state index is 0.0417. The second kappa shape index (κ2) is 4.11. The summed E-state index contributed by atoms with van der Waals surface area (Å²) in [5.41, 5.74) is 1.16. The highest BCUT2D eigenvalue weighted by molar-refractivity contribution is 4.94. The van der Waals surface area contributed by atoms with Gasteiger partial charge in [-0.05, 0) is 19.8 Å². The molecule has 0 radical (unpaired) electrons. The van der Waals surface area contributed by atoms with E-state index in [9.17, 15) is 0 Å². The monoisotopic (exact) mass is 195 g/mol. The van der Waals surface area contributed by atoms with E-state index < -0.39 is 0 Å². The minimum absolute atomic E-state index is 0.0417. The lowest BCUT2D eigenvalue weighted by Crippen LogP contribution is -2.36. The van der Waals surface area contributed by atoms with Gasteiger partial charge in [0.1, 0.15) is 0 Å². The molecule has 1 saturated heterocycles. The number of aromatic amines is 1. The molecule has 0 aliphatic carbocycles. The summed E-state index contributed by atoms with van der Waals surface area (Å²) in [6.07, 6.45) is 5.88. The third-order valence-corrected chi connectivity index (χ3v) is 2.67. The Morgan fingerprint density at radius 3 is 3.29 bits per heavy atom. The third-order valence-electron chi connectivity index (χ3n) is 2.67. The number of rotatable bonds is 4. The van der Waals surface area contributed by atoms with Crippen molar-refractivity contribution in [2.24, 2.45) is 0 Å². The van der Waals surface area contributed by atoms with E-state index in [1.807, 2.05) is 6.20 Å². The van der Waals surface area contributed by atoms with Gasteiger partial charge in [0.15, 0.2) is 0 Å². The van der Waals surface area contributed by atoms with Crippen molar-refractivity contribution in [2.45, 2.75) is 31.9 Å². The molecule has 1 aromatic rings. The number of nitrogens with zero attached hydrogens (tertiary/aromatic N) is 1. The number of H-pyrrole nitrogens is 1. The van der Waals surface area contributed by atoms with E-state index in [-0.39, 0.29) is 5.60 Å². The highest BCUT2D eigenvalue weighted by Crippen LogP contribution is 2.23. The van der Waals surface area contributed by atoms with Gasteiger partial charge in [-0.15, -0.1) is 0 Å². The summed E-state index contributed by atoms with van der Waals surface area (Å²) < 4.78 is 5.67. The van der Waals surface area contributed by atoms with Crippen molar-refractivity contribution in [3.63, 3.8) is 0 Å². The summed E-state index contributed by atoms with van der Waals surface area (Å²) in [7, 11) is 0. The maximum absolute atomic E-state index is 5.67. The highest BCUT2D eigenvalue weighted by atomic mass is 16.5. The molecule has 1 fully saturated rings. The molecule has 1 aliphatic rings. The second-order valence-corrected chi connectivity index (χ2v) is 4.08. The van der Waals surface area contributed by atoms with Crippen LogP contribution in [0.15, 0.2) is 12.5 Å². The van der Waals surface area contributed by atoms with Crippen molar-refractivity contribution in [2.75, 3.05) is 13.2 Å². The first-order chi connectivity index (χ1) is 6.79. The Kier molecular flexibility index (Phi) is 2.84. The van der Waals surface area contributed by atoms with Gasteiger partial charge in [-0.1, -0.05) is 0 Å². The molecule has 2 rings (SSSR count). The van der Waals surface area contributed by atoms with E-state index in [1.165, 1.54) is 6.42 Å². The summed E-state index contributed by atoms with van der Waals surface area (Å²) in [5, 5.41) is 3.37. The van der Waals surface area contributed by atoms with Crippen LogP contribution in [0.5, 0.6) is 0 Å². The van der Waals surface area contributed by atoms with Gasteiger partial charge < -0.3 is 15.0 Å². The van der Waals surface area contributed by atoms with Crippen molar-refractivity contribution < 1.29 is 4.74 Å². The average molecular weight is 195 g/mol. The van der Waals surface area contributed by atoms with Gasteiger partial charge in [0.05, 0.1) is 11.9 Å². The van der Waals surface area contributed by atoms with Gasteiger partial charge in [-0.25, -0.2) is 4.98 Å². The van der Waals surface area contributed by atoms with E-state index in [4.69, 9.17) is 4.74 Å². The van der Waals surface area contributed by atoms with Crippen LogP contribution in [-0.2, 0) is 11.3 Å². The lowest BCUT2D eigenvalue weighted by atomic mass is 10.0. The zero-order valence-corrected chi connectivity index (χ0v) is 8.55. The molecule has 0 aromatic carbocycles. The van der Waals surface area contributed by atoms with Crippen molar-refractivity contribution in [1.82, 2.24) is 15.3 Å². The number of hydrogen-bond donors (Lipinski definition) is 2. The van der Waals surface area contributed by atoms with E-state index >= 15 is 0 Å². The maximum atomic E-state index is 5.67. The topological polar surface area (TPSA) is 49.9 Å². The Morgan fingerprint density at radius 1 is 1.71 bits per heavy atom. The van der Waals surface area contributed by atoms with E-state index in [2.05, 4.69) is 22.2 Å². The first kappa shape index (κ1) is 9.68. The quantitative estimate of drug-likeness (QED) is 0.755. The molecule has 1 unspecified atom stereocenters. The molecule has 2 N–H and O–H groups in total. The Bertz CT molecular complexity index is 265. The van der Waals surface area contributed by atoms with Crippen LogP contribution in [0, 0.1) is 0 Å². The number of ether oxygens (including phenoxy) is 1. The van der Waals surface area contributed by atoms with Gasteiger partial charge in [-0.2, -0.15) is 0 Å². The Balaban J connectivity index is 1.72. The normalized spacial score (nSPS) is 26.9. The lowest BCUT2D eigenvalue weighted by molar-refractivity contribution is 0.0206. The van der Waals surface area contributed by atoms with Gasteiger partial charge in [0.25, 0.3) is 0 Å². The van der Waals surface area contributed by atoms with E-state index in [1.54, 1.807) is 6.33 Å². The molecule has 1 atom stereocenters. The Labute approximate surface area is 84.1 Å². The van der Waals surface area contributed by atoms with Gasteiger partial charge in [0.2, 0.25) is 0 Å². The van der Waals surface area contributed by atoms with Crippen molar-refractivity contribution in [3.8, 4) is 0 Å². The zero-order valence-electron chi connectivity index (χ0n) is 8.55. The largest absolute Gasteiger partial charge is 0.374 e. The van der Waals surface area contributed by atoms with Crippen molar-refractivity contribution in [1.29, 1.82) is 0 Å². The van der Waals surface area contributed by atoms with Gasteiger partial charge in [0, 0.05) is 31.6 Å². The first-order valence-electron chi connectivity index (χ1n) is 5.10. The summed E-state index contributed by atoms with van der Waals surface area (Å²) in [4.78, 5) is 7.02. The first-order valence-corrected chi connectivity index (χ1v) is 5.10. The Hall–Kier alpha value is -0.870. The third kappa shape index (κ3) is 2.33. The van der Waals surface area contributed by atoms with Crippen molar-refractivity contribution >= 4 is 0 Å². The van der Waals surface area contributed by atoms with Crippen LogP contribution in [0.2, 0.25) is 0 Å². The summed E-state index contributed by atoms with van der Waals surface area (Å²) in [5.74, 6) is 0. The lowest BCUT2D eigenvalue weighted by Gasteiger charge is -2.23. The molecule has 0 saturated carbocycles. The van der Waals surface area contributed by atoms with Crippen molar-refractivity contribution in [3.05, 3.63) is 18.2 Å². The molecular formula is C10H17N3O. The fraction of sp³-hybridized carbons (Fsp3) is 0.700. The highest BCUT2D eigenvalue weighted by Gasteiger charge is 2.28. The van der Waals surface area contributed by atoms with Crippen LogP contribution in [0.3, 0.4) is 0 Å². The number of nitrogens with one attached hydrogen (secondary N) is 2.